The van der Waals surface area contributed by atoms with E-state index in [2.05, 4.69) is 20.5 Å². The van der Waals surface area contributed by atoms with Crippen LogP contribution < -0.4 is 5.32 Å². The SMILES string of the molecule is CCCS(=O)(=O)N1CCC(NC(=O)c2n[nH]c(C)n2)CC1. The lowest BCUT2D eigenvalue weighted by molar-refractivity contribution is 0.0913. The van der Waals surface area contributed by atoms with Crippen molar-refractivity contribution >= 4 is 15.9 Å². The van der Waals surface area contributed by atoms with Gasteiger partial charge in [-0.1, -0.05) is 6.92 Å². The first-order valence-corrected chi connectivity index (χ1v) is 8.71. The fraction of sp³-hybridized carbons (Fsp3) is 0.750. The molecule has 2 rings (SSSR count). The van der Waals surface area contributed by atoms with Crippen molar-refractivity contribution in [3.05, 3.63) is 11.6 Å². The highest BCUT2D eigenvalue weighted by molar-refractivity contribution is 7.89. The first kappa shape index (κ1) is 15.9. The second-order valence-electron chi connectivity index (χ2n) is 5.21. The van der Waals surface area contributed by atoms with Gasteiger partial charge >= 0.3 is 0 Å². The second-order valence-corrected chi connectivity index (χ2v) is 7.30. The molecule has 0 aromatic carbocycles. The van der Waals surface area contributed by atoms with Gasteiger partial charge < -0.3 is 5.32 Å². The highest BCUT2D eigenvalue weighted by atomic mass is 32.2. The molecule has 1 aliphatic heterocycles. The van der Waals surface area contributed by atoms with Crippen LogP contribution in [-0.2, 0) is 10.0 Å². The van der Waals surface area contributed by atoms with Gasteiger partial charge in [-0.15, -0.1) is 5.10 Å². The molecule has 0 unspecified atom stereocenters. The number of aromatic nitrogens is 3. The van der Waals surface area contributed by atoms with Gasteiger partial charge in [0.05, 0.1) is 5.75 Å². The quantitative estimate of drug-likeness (QED) is 0.798. The maximum atomic E-state index is 12.0. The summed E-state index contributed by atoms with van der Waals surface area (Å²) in [4.78, 5) is 15.9. The molecule has 8 nitrogen and oxygen atoms in total. The molecule has 0 bridgehead atoms. The van der Waals surface area contributed by atoms with Crippen LogP contribution in [0.5, 0.6) is 0 Å². The molecule has 0 saturated carbocycles. The number of carbonyl (C=O) groups is 1. The summed E-state index contributed by atoms with van der Waals surface area (Å²) in [7, 11) is -3.14. The van der Waals surface area contributed by atoms with Crippen molar-refractivity contribution in [1.82, 2.24) is 24.8 Å². The minimum Gasteiger partial charge on any atom is -0.346 e. The van der Waals surface area contributed by atoms with Crippen molar-refractivity contribution < 1.29 is 13.2 Å². The minimum atomic E-state index is -3.14. The van der Waals surface area contributed by atoms with E-state index >= 15 is 0 Å². The van der Waals surface area contributed by atoms with E-state index in [0.717, 1.165) is 0 Å². The topological polar surface area (TPSA) is 108 Å². The summed E-state index contributed by atoms with van der Waals surface area (Å²) < 4.78 is 25.4. The molecule has 21 heavy (non-hydrogen) atoms. The fourth-order valence-corrected chi connectivity index (χ4v) is 3.90. The van der Waals surface area contributed by atoms with E-state index in [9.17, 15) is 13.2 Å². The van der Waals surface area contributed by atoms with Gasteiger partial charge in [-0.25, -0.2) is 17.7 Å². The summed E-state index contributed by atoms with van der Waals surface area (Å²) in [6.45, 7) is 4.46. The summed E-state index contributed by atoms with van der Waals surface area (Å²) in [5, 5.41) is 9.27. The minimum absolute atomic E-state index is 0.0376. The molecule has 118 valence electrons. The second kappa shape index (κ2) is 6.52. The van der Waals surface area contributed by atoms with Crippen molar-refractivity contribution in [2.24, 2.45) is 0 Å². The Morgan fingerprint density at radius 3 is 2.62 bits per heavy atom. The number of hydrogen-bond acceptors (Lipinski definition) is 5. The smallest absolute Gasteiger partial charge is 0.291 e. The van der Waals surface area contributed by atoms with Gasteiger partial charge in [0.15, 0.2) is 0 Å². The van der Waals surface area contributed by atoms with Crippen LogP contribution in [0.4, 0.5) is 0 Å². The lowest BCUT2D eigenvalue weighted by Crippen LogP contribution is -2.47. The third-order valence-corrected chi connectivity index (χ3v) is 5.52. The molecule has 1 amide bonds. The summed E-state index contributed by atoms with van der Waals surface area (Å²) >= 11 is 0. The Labute approximate surface area is 124 Å². The predicted molar refractivity (Wildman–Crippen MR) is 77.3 cm³/mol. The largest absolute Gasteiger partial charge is 0.346 e. The number of nitrogens with one attached hydrogen (secondary N) is 2. The number of aromatic amines is 1. The van der Waals surface area contributed by atoms with Crippen molar-refractivity contribution in [2.75, 3.05) is 18.8 Å². The molecule has 0 radical (unpaired) electrons. The zero-order valence-electron chi connectivity index (χ0n) is 12.3. The molecule has 0 spiro atoms. The van der Waals surface area contributed by atoms with Crippen molar-refractivity contribution in [3.8, 4) is 0 Å². The van der Waals surface area contributed by atoms with Crippen LogP contribution in [0.15, 0.2) is 0 Å². The first-order valence-electron chi connectivity index (χ1n) is 7.10. The maximum Gasteiger partial charge on any atom is 0.291 e. The van der Waals surface area contributed by atoms with E-state index in [1.54, 1.807) is 6.92 Å². The van der Waals surface area contributed by atoms with Gasteiger partial charge in [-0.3, -0.25) is 9.89 Å². The third-order valence-electron chi connectivity index (χ3n) is 3.44. The van der Waals surface area contributed by atoms with Gasteiger partial charge in [0.2, 0.25) is 15.8 Å². The van der Waals surface area contributed by atoms with Crippen LogP contribution in [0.2, 0.25) is 0 Å². The molecular weight excluding hydrogens is 294 g/mol. The van der Waals surface area contributed by atoms with E-state index in [1.165, 1.54) is 4.31 Å². The Morgan fingerprint density at radius 1 is 1.43 bits per heavy atom. The molecule has 1 aromatic heterocycles. The van der Waals surface area contributed by atoms with E-state index < -0.39 is 10.0 Å². The molecule has 1 fully saturated rings. The van der Waals surface area contributed by atoms with Crippen LogP contribution in [-0.4, -0.2) is 58.7 Å². The van der Waals surface area contributed by atoms with E-state index in [1.807, 2.05) is 6.92 Å². The van der Waals surface area contributed by atoms with Crippen LogP contribution in [0.25, 0.3) is 0 Å². The normalized spacial score (nSPS) is 17.8. The molecule has 2 N–H and O–H groups in total. The van der Waals surface area contributed by atoms with Gasteiger partial charge in [0, 0.05) is 19.1 Å². The molecule has 0 atom stereocenters. The van der Waals surface area contributed by atoms with Crippen LogP contribution >= 0.6 is 0 Å². The lowest BCUT2D eigenvalue weighted by Gasteiger charge is -2.31. The van der Waals surface area contributed by atoms with Gasteiger partial charge in [0.25, 0.3) is 5.91 Å². The zero-order valence-corrected chi connectivity index (χ0v) is 13.1. The molecule has 1 saturated heterocycles. The number of hydrogen-bond donors (Lipinski definition) is 2. The Morgan fingerprint density at radius 2 is 2.10 bits per heavy atom. The lowest BCUT2D eigenvalue weighted by atomic mass is 10.1. The Bertz CT molecular complexity index is 590. The van der Waals surface area contributed by atoms with E-state index in [0.29, 0.717) is 38.2 Å². The number of aryl methyl sites for hydroxylation is 1. The molecular formula is C12H21N5O3S. The van der Waals surface area contributed by atoms with Crippen molar-refractivity contribution in [2.45, 2.75) is 39.2 Å². The van der Waals surface area contributed by atoms with E-state index in [4.69, 9.17) is 0 Å². The Balaban J connectivity index is 1.86. The van der Waals surface area contributed by atoms with E-state index in [-0.39, 0.29) is 23.5 Å². The van der Waals surface area contributed by atoms with Crippen molar-refractivity contribution in [1.29, 1.82) is 0 Å². The molecule has 2 heterocycles. The van der Waals surface area contributed by atoms with Crippen LogP contribution in [0, 0.1) is 6.92 Å². The average Bonchev–Trinajstić information content (AvgIpc) is 2.86. The fourth-order valence-electron chi connectivity index (χ4n) is 2.36. The number of piperidine rings is 1. The summed E-state index contributed by atoms with van der Waals surface area (Å²) in [6.07, 6.45) is 1.83. The number of amides is 1. The molecule has 0 aliphatic carbocycles. The number of carbonyl (C=O) groups excluding carboxylic acids is 1. The summed E-state index contributed by atoms with van der Waals surface area (Å²) in [5.41, 5.74) is 0. The van der Waals surface area contributed by atoms with Crippen LogP contribution in [0.3, 0.4) is 0 Å². The number of rotatable bonds is 5. The van der Waals surface area contributed by atoms with Gasteiger partial charge in [-0.05, 0) is 26.2 Å². The highest BCUT2D eigenvalue weighted by Gasteiger charge is 2.28. The molecule has 1 aromatic rings. The highest BCUT2D eigenvalue weighted by Crippen LogP contribution is 2.15. The maximum absolute atomic E-state index is 12.0. The Kier molecular flexibility index (Phi) is 4.94. The van der Waals surface area contributed by atoms with Gasteiger partial charge in [-0.2, -0.15) is 0 Å². The predicted octanol–water partition coefficient (Wildman–Crippen LogP) is 0.0471. The summed E-state index contributed by atoms with van der Waals surface area (Å²) in [6, 6.07) is -0.0376. The standard InChI is InChI=1S/C12H21N5O3S/c1-3-8-21(19,20)17-6-4-10(5-7-17)14-12(18)11-13-9(2)15-16-11/h10H,3-8H2,1-2H3,(H,14,18)(H,13,15,16). The number of sulfonamides is 1. The zero-order chi connectivity index (χ0) is 15.5. The molecule has 9 heteroatoms. The monoisotopic (exact) mass is 315 g/mol. The molecule has 1 aliphatic rings. The number of nitrogens with zero attached hydrogens (tertiary/aromatic N) is 3. The summed E-state index contributed by atoms with van der Waals surface area (Å²) in [5.74, 6) is 0.559. The number of H-pyrrole nitrogens is 1. The third kappa shape index (κ3) is 4.01. The van der Waals surface area contributed by atoms with Gasteiger partial charge in [0.1, 0.15) is 5.82 Å². The Hall–Kier alpha value is -1.48. The van der Waals surface area contributed by atoms with Crippen molar-refractivity contribution in [3.63, 3.8) is 0 Å². The average molecular weight is 315 g/mol. The van der Waals surface area contributed by atoms with Crippen LogP contribution in [0.1, 0.15) is 42.6 Å². The first-order chi connectivity index (χ1) is 9.92.